The summed E-state index contributed by atoms with van der Waals surface area (Å²) in [7, 11) is 0. The third-order valence-corrected chi connectivity index (χ3v) is 5.77. The summed E-state index contributed by atoms with van der Waals surface area (Å²) >= 11 is 6.46. The van der Waals surface area contributed by atoms with Gasteiger partial charge in [-0.15, -0.1) is 11.6 Å². The van der Waals surface area contributed by atoms with Crippen LogP contribution in [0.5, 0.6) is 0 Å². The van der Waals surface area contributed by atoms with Crippen LogP contribution in [-0.4, -0.2) is 27.5 Å². The molecule has 0 aliphatic heterocycles. The summed E-state index contributed by atoms with van der Waals surface area (Å²) in [5, 5.41) is 36.4. The van der Waals surface area contributed by atoms with Crippen LogP contribution in [0.15, 0.2) is 48.5 Å². The Balaban J connectivity index is 2.01. The fourth-order valence-electron chi connectivity index (χ4n) is 4.12. The first-order valence-electron chi connectivity index (χ1n) is 7.96. The van der Waals surface area contributed by atoms with Crippen molar-refractivity contribution in [2.45, 2.75) is 23.7 Å². The summed E-state index contributed by atoms with van der Waals surface area (Å²) in [5.41, 5.74) is 1.31. The summed E-state index contributed by atoms with van der Waals surface area (Å²) in [6, 6.07) is 16.2. The predicted octanol–water partition coefficient (Wildman–Crippen LogP) is 3.63. The molecule has 0 saturated heterocycles. The molecule has 3 N–H and O–H groups in total. The van der Waals surface area contributed by atoms with Crippen LogP contribution in [-0.2, 0) is 0 Å². The standard InChI is InChI=1S/C20H15ClO3/c21-17-16-12-7-6-10-3-1-2-9-4-5-11(15(12)14(9)10)8-13(16)18(22)20(24)19(17)23/h1-8,17-20,22-24H/t17-,18+,19-,20-/m0/s1. The van der Waals surface area contributed by atoms with Crippen molar-refractivity contribution in [3.05, 3.63) is 59.7 Å². The van der Waals surface area contributed by atoms with E-state index < -0.39 is 23.7 Å². The number of aliphatic hydroxyl groups excluding tert-OH is 3. The minimum absolute atomic E-state index is 0.596. The van der Waals surface area contributed by atoms with E-state index in [1.54, 1.807) is 0 Å². The molecule has 4 atom stereocenters. The molecule has 120 valence electrons. The van der Waals surface area contributed by atoms with Gasteiger partial charge in [-0.1, -0.05) is 42.5 Å². The Hall–Kier alpha value is -1.91. The highest BCUT2D eigenvalue weighted by Gasteiger charge is 2.40. The summed E-state index contributed by atoms with van der Waals surface area (Å²) in [5.74, 6) is 0. The van der Waals surface area contributed by atoms with Crippen molar-refractivity contribution >= 4 is 43.9 Å². The van der Waals surface area contributed by atoms with Gasteiger partial charge in [0.2, 0.25) is 0 Å². The van der Waals surface area contributed by atoms with Crippen LogP contribution < -0.4 is 0 Å². The number of rotatable bonds is 0. The Kier molecular flexibility index (Phi) is 2.89. The lowest BCUT2D eigenvalue weighted by Crippen LogP contribution is -2.40. The van der Waals surface area contributed by atoms with E-state index in [1.807, 2.05) is 30.3 Å². The number of hydrogen-bond donors (Lipinski definition) is 3. The minimum atomic E-state index is -1.28. The van der Waals surface area contributed by atoms with Gasteiger partial charge in [-0.05, 0) is 49.5 Å². The average Bonchev–Trinajstić information content (AvgIpc) is 2.62. The average molecular weight is 339 g/mol. The highest BCUT2D eigenvalue weighted by molar-refractivity contribution is 6.27. The zero-order valence-corrected chi connectivity index (χ0v) is 13.4. The van der Waals surface area contributed by atoms with Gasteiger partial charge in [0.05, 0.1) is 5.38 Å². The zero-order chi connectivity index (χ0) is 16.6. The predicted molar refractivity (Wildman–Crippen MR) is 95.7 cm³/mol. The lowest BCUT2D eigenvalue weighted by atomic mass is 9.80. The monoisotopic (exact) mass is 338 g/mol. The Labute approximate surface area is 143 Å². The highest BCUT2D eigenvalue weighted by atomic mass is 35.5. The molecule has 1 aliphatic rings. The topological polar surface area (TPSA) is 60.7 Å². The van der Waals surface area contributed by atoms with Crippen LogP contribution >= 0.6 is 11.6 Å². The van der Waals surface area contributed by atoms with Gasteiger partial charge in [-0.25, -0.2) is 0 Å². The maximum atomic E-state index is 10.4. The van der Waals surface area contributed by atoms with Gasteiger partial charge in [0.15, 0.2) is 0 Å². The van der Waals surface area contributed by atoms with Crippen molar-refractivity contribution in [1.29, 1.82) is 0 Å². The van der Waals surface area contributed by atoms with Gasteiger partial charge in [0, 0.05) is 0 Å². The van der Waals surface area contributed by atoms with Crippen molar-refractivity contribution in [3.63, 3.8) is 0 Å². The number of aliphatic hydroxyl groups is 3. The molecule has 1 aliphatic carbocycles. The Morgan fingerprint density at radius 1 is 0.750 bits per heavy atom. The highest BCUT2D eigenvalue weighted by Crippen LogP contribution is 2.47. The van der Waals surface area contributed by atoms with Crippen LogP contribution in [0, 0.1) is 0 Å². The van der Waals surface area contributed by atoms with Crippen LogP contribution in [0.4, 0.5) is 0 Å². The third-order valence-electron chi connectivity index (χ3n) is 5.29. The molecule has 4 heteroatoms. The quantitative estimate of drug-likeness (QED) is 0.339. The molecule has 0 saturated carbocycles. The molecule has 0 amide bonds. The molecule has 0 spiro atoms. The van der Waals surface area contributed by atoms with Crippen molar-refractivity contribution in [3.8, 4) is 0 Å². The second-order valence-corrected chi connectivity index (χ2v) is 7.03. The zero-order valence-electron chi connectivity index (χ0n) is 12.6. The van der Waals surface area contributed by atoms with Crippen molar-refractivity contribution < 1.29 is 15.3 Å². The third kappa shape index (κ3) is 1.68. The van der Waals surface area contributed by atoms with Crippen LogP contribution in [0.25, 0.3) is 32.3 Å². The molecule has 0 radical (unpaired) electrons. The maximum absolute atomic E-state index is 10.4. The minimum Gasteiger partial charge on any atom is -0.388 e. The van der Waals surface area contributed by atoms with Crippen LogP contribution in [0.2, 0.25) is 0 Å². The van der Waals surface area contributed by atoms with E-state index in [9.17, 15) is 15.3 Å². The molecule has 4 aromatic carbocycles. The summed E-state index contributed by atoms with van der Waals surface area (Å²) in [4.78, 5) is 0. The number of hydrogen-bond acceptors (Lipinski definition) is 3. The molecule has 3 nitrogen and oxygen atoms in total. The Morgan fingerprint density at radius 3 is 2.17 bits per heavy atom. The number of halogens is 1. The van der Waals surface area contributed by atoms with Gasteiger partial charge in [-0.3, -0.25) is 0 Å². The number of benzene rings is 4. The number of alkyl halides is 1. The second kappa shape index (κ2) is 4.80. The van der Waals surface area contributed by atoms with Gasteiger partial charge in [0.1, 0.15) is 18.3 Å². The number of fused-ring (bicyclic) bond motifs is 2. The first kappa shape index (κ1) is 14.4. The second-order valence-electron chi connectivity index (χ2n) is 6.56. The molecular formula is C20H15ClO3. The molecule has 0 heterocycles. The summed E-state index contributed by atoms with van der Waals surface area (Å²) in [6.45, 7) is 0. The SMILES string of the molecule is O[C@@H]1[C@@H](O)[C@@H](Cl)c2c(cc3ccc4cccc5ccc2c3c45)[C@H]1O. The smallest absolute Gasteiger partial charge is 0.112 e. The largest absolute Gasteiger partial charge is 0.388 e. The van der Waals surface area contributed by atoms with Gasteiger partial charge in [0.25, 0.3) is 0 Å². The van der Waals surface area contributed by atoms with Crippen molar-refractivity contribution in [1.82, 2.24) is 0 Å². The first-order valence-corrected chi connectivity index (χ1v) is 8.40. The van der Waals surface area contributed by atoms with E-state index in [1.165, 1.54) is 0 Å². The van der Waals surface area contributed by atoms with E-state index >= 15 is 0 Å². The summed E-state index contributed by atoms with van der Waals surface area (Å²) in [6.07, 6.45) is -3.63. The summed E-state index contributed by atoms with van der Waals surface area (Å²) < 4.78 is 0. The van der Waals surface area contributed by atoms with Crippen molar-refractivity contribution in [2.24, 2.45) is 0 Å². The first-order chi connectivity index (χ1) is 11.6. The fraction of sp³-hybridized carbons (Fsp3) is 0.200. The normalized spacial score (nSPS) is 27.2. The lowest BCUT2D eigenvalue weighted by molar-refractivity contribution is -0.0703. The molecule has 24 heavy (non-hydrogen) atoms. The fourth-order valence-corrected chi connectivity index (χ4v) is 4.51. The molecule has 0 fully saturated rings. The Morgan fingerprint density at radius 2 is 1.42 bits per heavy atom. The molecule has 0 unspecified atom stereocenters. The Bertz CT molecular complexity index is 1070. The molecule has 0 aromatic heterocycles. The molecule has 4 aromatic rings. The van der Waals surface area contributed by atoms with Crippen LogP contribution in [0.3, 0.4) is 0 Å². The molecule has 5 rings (SSSR count). The molecule has 0 bridgehead atoms. The molecular weight excluding hydrogens is 324 g/mol. The van der Waals surface area contributed by atoms with E-state index in [4.69, 9.17) is 11.6 Å². The van der Waals surface area contributed by atoms with Crippen molar-refractivity contribution in [2.75, 3.05) is 0 Å². The van der Waals surface area contributed by atoms with Gasteiger partial charge < -0.3 is 15.3 Å². The van der Waals surface area contributed by atoms with E-state index in [0.29, 0.717) is 11.1 Å². The van der Waals surface area contributed by atoms with Crippen LogP contribution in [0.1, 0.15) is 22.6 Å². The van der Waals surface area contributed by atoms with E-state index in [2.05, 4.69) is 18.2 Å². The van der Waals surface area contributed by atoms with Gasteiger partial charge >= 0.3 is 0 Å². The lowest BCUT2D eigenvalue weighted by Gasteiger charge is -2.35. The van der Waals surface area contributed by atoms with E-state index in [-0.39, 0.29) is 0 Å². The maximum Gasteiger partial charge on any atom is 0.112 e. The van der Waals surface area contributed by atoms with E-state index in [0.717, 1.165) is 32.3 Å². The van der Waals surface area contributed by atoms with Gasteiger partial charge in [-0.2, -0.15) is 0 Å².